The molecule has 1 atom stereocenters. The third-order valence-corrected chi connectivity index (χ3v) is 7.14. The predicted molar refractivity (Wildman–Crippen MR) is 131 cm³/mol. The summed E-state index contributed by atoms with van der Waals surface area (Å²) in [4.78, 5) is 46.7. The minimum Gasteiger partial charge on any atom is -0.324 e. The zero-order valence-corrected chi connectivity index (χ0v) is 19.1. The zero-order valence-electron chi connectivity index (χ0n) is 18.2. The lowest BCUT2D eigenvalue weighted by Crippen LogP contribution is -2.42. The van der Waals surface area contributed by atoms with Crippen molar-refractivity contribution >= 4 is 44.7 Å². The third-order valence-electron chi connectivity index (χ3n) is 5.89. The Balaban J connectivity index is 1.53. The molecule has 0 bridgehead atoms. The fourth-order valence-corrected chi connectivity index (χ4v) is 5.47. The maximum Gasteiger partial charge on any atom is 0.262 e. The largest absolute Gasteiger partial charge is 0.324 e. The smallest absolute Gasteiger partial charge is 0.262 e. The van der Waals surface area contributed by atoms with E-state index in [2.05, 4.69) is 10.3 Å². The molecule has 0 saturated carbocycles. The molecule has 1 aliphatic heterocycles. The van der Waals surface area contributed by atoms with Gasteiger partial charge in [-0.1, -0.05) is 42.5 Å². The van der Waals surface area contributed by atoms with Gasteiger partial charge in [0.1, 0.15) is 11.4 Å². The monoisotopic (exact) mass is 458 g/mol. The van der Waals surface area contributed by atoms with Crippen molar-refractivity contribution < 1.29 is 9.59 Å². The standard InChI is InChI=1S/C25H22N4O3S/c1-15-12-20(30)27-18-10-6-7-11-19(18)29(15)21(31)13-28-14-26-24-22(25(28)32)16(2)23(33-24)17-8-4-3-5-9-17/h3-11,14-15H,12-13H2,1-2H3,(H,27,30). The molecule has 0 saturated heterocycles. The molecule has 2 aromatic carbocycles. The Morgan fingerprint density at radius 1 is 1.12 bits per heavy atom. The summed E-state index contributed by atoms with van der Waals surface area (Å²) in [5, 5.41) is 3.39. The van der Waals surface area contributed by atoms with E-state index in [9.17, 15) is 14.4 Å². The maximum absolute atomic E-state index is 13.4. The summed E-state index contributed by atoms with van der Waals surface area (Å²) < 4.78 is 1.36. The van der Waals surface area contributed by atoms with Gasteiger partial charge < -0.3 is 10.2 Å². The van der Waals surface area contributed by atoms with Gasteiger partial charge in [-0.3, -0.25) is 19.0 Å². The molecule has 8 heteroatoms. The van der Waals surface area contributed by atoms with Gasteiger partial charge in [-0.25, -0.2) is 4.98 Å². The van der Waals surface area contributed by atoms with E-state index in [-0.39, 0.29) is 36.4 Å². The molecule has 1 N–H and O–H groups in total. The SMILES string of the molecule is Cc1c(-c2ccccc2)sc2ncn(CC(=O)N3c4ccccc4NC(=O)CC3C)c(=O)c12. The van der Waals surface area contributed by atoms with Crippen LogP contribution in [0.2, 0.25) is 0 Å². The van der Waals surface area contributed by atoms with Crippen molar-refractivity contribution in [2.45, 2.75) is 32.9 Å². The van der Waals surface area contributed by atoms with E-state index < -0.39 is 0 Å². The number of hydrogen-bond donors (Lipinski definition) is 1. The van der Waals surface area contributed by atoms with Crippen LogP contribution in [0.15, 0.2) is 65.7 Å². The molecule has 0 fully saturated rings. The van der Waals surface area contributed by atoms with Gasteiger partial charge in [0.25, 0.3) is 5.56 Å². The van der Waals surface area contributed by atoms with E-state index in [0.717, 1.165) is 16.0 Å². The Labute approximate surface area is 194 Å². The molecule has 0 aliphatic carbocycles. The molecule has 2 amide bonds. The van der Waals surface area contributed by atoms with Crippen LogP contribution < -0.4 is 15.8 Å². The van der Waals surface area contributed by atoms with Crippen molar-refractivity contribution in [2.75, 3.05) is 10.2 Å². The van der Waals surface area contributed by atoms with Crippen LogP contribution in [0, 0.1) is 6.92 Å². The van der Waals surface area contributed by atoms with E-state index >= 15 is 0 Å². The van der Waals surface area contributed by atoms with Crippen molar-refractivity contribution in [3.63, 3.8) is 0 Å². The Bertz CT molecular complexity index is 1440. The molecule has 3 heterocycles. The van der Waals surface area contributed by atoms with Crippen LogP contribution in [-0.2, 0) is 16.1 Å². The zero-order chi connectivity index (χ0) is 23.1. The number of para-hydroxylation sites is 2. The number of carbonyl (C=O) groups is 2. The van der Waals surface area contributed by atoms with Crippen LogP contribution in [0.4, 0.5) is 11.4 Å². The summed E-state index contributed by atoms with van der Waals surface area (Å²) in [6, 6.07) is 16.7. The van der Waals surface area contributed by atoms with Gasteiger partial charge in [0, 0.05) is 17.3 Å². The lowest BCUT2D eigenvalue weighted by atomic mass is 10.1. The molecule has 4 aromatic rings. The van der Waals surface area contributed by atoms with E-state index in [1.165, 1.54) is 22.2 Å². The van der Waals surface area contributed by atoms with Crippen molar-refractivity contribution in [1.29, 1.82) is 0 Å². The van der Waals surface area contributed by atoms with Gasteiger partial charge >= 0.3 is 0 Å². The van der Waals surface area contributed by atoms with Gasteiger partial charge in [0.05, 0.1) is 23.1 Å². The topological polar surface area (TPSA) is 84.3 Å². The Morgan fingerprint density at radius 2 is 1.85 bits per heavy atom. The highest BCUT2D eigenvalue weighted by atomic mass is 32.1. The number of nitrogens with zero attached hydrogens (tertiary/aromatic N) is 3. The Kier molecular flexibility index (Phi) is 5.30. The normalized spacial score (nSPS) is 15.8. The quantitative estimate of drug-likeness (QED) is 0.499. The van der Waals surface area contributed by atoms with Crippen LogP contribution in [0.3, 0.4) is 0 Å². The van der Waals surface area contributed by atoms with Crippen molar-refractivity contribution in [2.24, 2.45) is 0 Å². The average Bonchev–Trinajstić information content (AvgIpc) is 3.07. The average molecular weight is 459 g/mol. The van der Waals surface area contributed by atoms with Crippen molar-refractivity contribution in [3.05, 3.63) is 76.8 Å². The first-order chi connectivity index (χ1) is 15.9. The molecule has 5 rings (SSSR count). The summed E-state index contributed by atoms with van der Waals surface area (Å²) in [6.07, 6.45) is 1.61. The summed E-state index contributed by atoms with van der Waals surface area (Å²) in [5.41, 5.74) is 2.87. The van der Waals surface area contributed by atoms with Gasteiger partial charge in [0.15, 0.2) is 0 Å². The third kappa shape index (κ3) is 3.72. The second kappa shape index (κ2) is 8.29. The first kappa shape index (κ1) is 21.1. The first-order valence-corrected chi connectivity index (χ1v) is 11.5. The van der Waals surface area contributed by atoms with Crippen LogP contribution in [0.25, 0.3) is 20.7 Å². The number of nitrogens with one attached hydrogen (secondary N) is 1. The Morgan fingerprint density at radius 3 is 2.64 bits per heavy atom. The van der Waals surface area contributed by atoms with Gasteiger partial charge in [0.2, 0.25) is 11.8 Å². The van der Waals surface area contributed by atoms with Crippen LogP contribution >= 0.6 is 11.3 Å². The molecule has 2 aromatic heterocycles. The van der Waals surface area contributed by atoms with Crippen LogP contribution in [0.1, 0.15) is 18.9 Å². The number of thiophene rings is 1. The van der Waals surface area contributed by atoms with E-state index in [4.69, 9.17) is 0 Å². The van der Waals surface area contributed by atoms with Gasteiger partial charge in [-0.15, -0.1) is 11.3 Å². The van der Waals surface area contributed by atoms with Gasteiger partial charge in [-0.05, 0) is 37.1 Å². The number of amides is 2. The Hall–Kier alpha value is -3.78. The molecule has 1 unspecified atom stereocenters. The number of aryl methyl sites for hydroxylation is 1. The van der Waals surface area contributed by atoms with E-state index in [1.54, 1.807) is 17.0 Å². The number of carbonyl (C=O) groups excluding carboxylic acids is 2. The van der Waals surface area contributed by atoms with Gasteiger partial charge in [-0.2, -0.15) is 0 Å². The van der Waals surface area contributed by atoms with Crippen molar-refractivity contribution in [1.82, 2.24) is 9.55 Å². The lowest BCUT2D eigenvalue weighted by Gasteiger charge is -2.28. The fourth-order valence-electron chi connectivity index (χ4n) is 4.33. The van der Waals surface area contributed by atoms with Crippen LogP contribution in [-0.4, -0.2) is 27.4 Å². The highest BCUT2D eigenvalue weighted by Gasteiger charge is 2.30. The number of rotatable bonds is 3. The highest BCUT2D eigenvalue weighted by molar-refractivity contribution is 7.22. The molecule has 0 spiro atoms. The molecular weight excluding hydrogens is 436 g/mol. The number of anilines is 2. The van der Waals surface area contributed by atoms with Crippen molar-refractivity contribution in [3.8, 4) is 10.4 Å². The molecule has 33 heavy (non-hydrogen) atoms. The summed E-state index contributed by atoms with van der Waals surface area (Å²) in [7, 11) is 0. The molecule has 0 radical (unpaired) electrons. The summed E-state index contributed by atoms with van der Waals surface area (Å²) >= 11 is 1.48. The molecule has 166 valence electrons. The number of benzene rings is 2. The first-order valence-electron chi connectivity index (χ1n) is 10.7. The maximum atomic E-state index is 13.4. The second-order valence-corrected chi connectivity index (χ2v) is 9.16. The number of aromatic nitrogens is 2. The van der Waals surface area contributed by atoms with E-state index in [1.807, 2.05) is 56.3 Å². The number of fused-ring (bicyclic) bond motifs is 2. The minimum atomic E-state index is -0.346. The second-order valence-electron chi connectivity index (χ2n) is 8.16. The summed E-state index contributed by atoms with van der Waals surface area (Å²) in [6.45, 7) is 3.59. The molecule has 7 nitrogen and oxygen atoms in total. The van der Waals surface area contributed by atoms with Crippen LogP contribution in [0.5, 0.6) is 0 Å². The predicted octanol–water partition coefficient (Wildman–Crippen LogP) is 4.20. The highest BCUT2D eigenvalue weighted by Crippen LogP contribution is 2.35. The fraction of sp³-hybridized carbons (Fsp3) is 0.200. The minimum absolute atomic E-state index is 0.146. The molecular formula is C25H22N4O3S. The lowest BCUT2D eigenvalue weighted by molar-refractivity contribution is -0.120. The van der Waals surface area contributed by atoms with E-state index in [0.29, 0.717) is 21.6 Å². The molecule has 1 aliphatic rings. The summed E-state index contributed by atoms with van der Waals surface area (Å²) in [5.74, 6) is -0.418. The number of hydrogen-bond acceptors (Lipinski definition) is 5.